The molecule has 0 aromatic carbocycles. The molecule has 3 aliphatic heterocycles. The van der Waals surface area contributed by atoms with Crippen LogP contribution in [0.1, 0.15) is 12.8 Å². The fourth-order valence-corrected chi connectivity index (χ4v) is 3.87. The van der Waals surface area contributed by atoms with Crippen LogP contribution in [-0.2, 0) is 0 Å². The Labute approximate surface area is 104 Å². The van der Waals surface area contributed by atoms with Gasteiger partial charge in [-0.2, -0.15) is 11.8 Å². The number of likely N-dealkylation sites (N-methyl/N-ethyl adjacent to an activating group) is 1. The molecule has 1 unspecified atom stereocenters. The summed E-state index contributed by atoms with van der Waals surface area (Å²) in [4.78, 5) is 5.14. The highest BCUT2D eigenvalue weighted by molar-refractivity contribution is 7.98. The van der Waals surface area contributed by atoms with Crippen LogP contribution in [0.25, 0.3) is 0 Å². The summed E-state index contributed by atoms with van der Waals surface area (Å²) in [6, 6.07) is 0. The summed E-state index contributed by atoms with van der Waals surface area (Å²) >= 11 is 1.93. The number of rotatable bonds is 5. The van der Waals surface area contributed by atoms with Crippen molar-refractivity contribution in [1.29, 1.82) is 0 Å². The summed E-state index contributed by atoms with van der Waals surface area (Å²) in [7, 11) is 2.27. The lowest BCUT2D eigenvalue weighted by Gasteiger charge is -2.57. The fraction of sp³-hybridized carbons (Fsp3) is 1.00. The van der Waals surface area contributed by atoms with E-state index in [1.165, 1.54) is 44.8 Å². The van der Waals surface area contributed by atoms with E-state index in [2.05, 4.69) is 23.1 Å². The predicted octanol–water partition coefficient (Wildman–Crippen LogP) is 0.704. The maximum absolute atomic E-state index is 6.12. The van der Waals surface area contributed by atoms with Crippen molar-refractivity contribution < 1.29 is 0 Å². The second-order valence-corrected chi connectivity index (χ2v) is 6.26. The smallest absolute Gasteiger partial charge is 0.0484 e. The molecule has 3 rings (SSSR count). The van der Waals surface area contributed by atoms with Crippen molar-refractivity contribution in [2.24, 2.45) is 11.7 Å². The van der Waals surface area contributed by atoms with E-state index in [-0.39, 0.29) is 5.54 Å². The molecular weight excluding hydrogens is 218 g/mol. The van der Waals surface area contributed by atoms with E-state index in [1.54, 1.807) is 0 Å². The van der Waals surface area contributed by atoms with Gasteiger partial charge in [0, 0.05) is 30.9 Å². The molecule has 3 nitrogen and oxygen atoms in total. The average Bonchev–Trinajstić information content (AvgIpc) is 2.36. The lowest BCUT2D eigenvalue weighted by molar-refractivity contribution is -0.0535. The first kappa shape index (κ1) is 12.7. The molecule has 0 amide bonds. The van der Waals surface area contributed by atoms with Crippen molar-refractivity contribution in [2.45, 2.75) is 18.4 Å². The first-order valence-corrected chi connectivity index (χ1v) is 7.75. The van der Waals surface area contributed by atoms with Crippen LogP contribution in [0.3, 0.4) is 0 Å². The van der Waals surface area contributed by atoms with E-state index in [4.69, 9.17) is 5.73 Å². The first-order chi connectivity index (χ1) is 7.73. The summed E-state index contributed by atoms with van der Waals surface area (Å²) in [6.07, 6.45) is 4.88. The highest BCUT2D eigenvalue weighted by atomic mass is 32.2. The highest BCUT2D eigenvalue weighted by Crippen LogP contribution is 2.38. The molecule has 3 fully saturated rings. The first-order valence-electron chi connectivity index (χ1n) is 6.35. The molecule has 0 saturated carbocycles. The third kappa shape index (κ3) is 2.13. The Hall–Kier alpha value is 0.230. The van der Waals surface area contributed by atoms with Crippen molar-refractivity contribution in [3.8, 4) is 0 Å². The van der Waals surface area contributed by atoms with Crippen molar-refractivity contribution >= 4 is 11.8 Å². The van der Waals surface area contributed by atoms with Crippen LogP contribution >= 0.6 is 11.8 Å². The Kier molecular flexibility index (Phi) is 4.16. The number of piperidine rings is 3. The van der Waals surface area contributed by atoms with Gasteiger partial charge in [-0.15, -0.1) is 0 Å². The summed E-state index contributed by atoms with van der Waals surface area (Å²) in [5, 5.41) is 0. The van der Waals surface area contributed by atoms with E-state index in [0.717, 1.165) is 12.5 Å². The molecule has 0 aliphatic carbocycles. The van der Waals surface area contributed by atoms with E-state index < -0.39 is 0 Å². The summed E-state index contributed by atoms with van der Waals surface area (Å²) in [5.41, 5.74) is 6.39. The summed E-state index contributed by atoms with van der Waals surface area (Å²) < 4.78 is 0. The van der Waals surface area contributed by atoms with Crippen LogP contribution in [0.5, 0.6) is 0 Å². The number of fused-ring (bicyclic) bond motifs is 3. The Balaban J connectivity index is 2.06. The molecule has 3 saturated heterocycles. The molecule has 3 heterocycles. The van der Waals surface area contributed by atoms with E-state index in [0.29, 0.717) is 0 Å². The van der Waals surface area contributed by atoms with Gasteiger partial charge in [0.2, 0.25) is 0 Å². The quantitative estimate of drug-likeness (QED) is 0.771. The van der Waals surface area contributed by atoms with Gasteiger partial charge in [-0.25, -0.2) is 0 Å². The lowest BCUT2D eigenvalue weighted by Crippen LogP contribution is -2.69. The largest absolute Gasteiger partial charge is 0.329 e. The van der Waals surface area contributed by atoms with Crippen LogP contribution in [0.4, 0.5) is 0 Å². The summed E-state index contributed by atoms with van der Waals surface area (Å²) in [5.74, 6) is 2.04. The lowest BCUT2D eigenvalue weighted by atomic mass is 9.72. The maximum Gasteiger partial charge on any atom is 0.0484 e. The van der Waals surface area contributed by atoms with Gasteiger partial charge in [-0.05, 0) is 45.2 Å². The fourth-order valence-electron chi connectivity index (χ4n) is 3.42. The molecule has 0 spiro atoms. The molecule has 2 bridgehead atoms. The molecule has 1 atom stereocenters. The van der Waals surface area contributed by atoms with Gasteiger partial charge < -0.3 is 10.6 Å². The number of hydrogen-bond acceptors (Lipinski definition) is 4. The summed E-state index contributed by atoms with van der Waals surface area (Å²) in [6.45, 7) is 5.77. The molecule has 0 radical (unpaired) electrons. The second-order valence-electron chi connectivity index (χ2n) is 5.27. The van der Waals surface area contributed by atoms with Crippen LogP contribution < -0.4 is 5.73 Å². The van der Waals surface area contributed by atoms with Crippen molar-refractivity contribution in [3.63, 3.8) is 0 Å². The van der Waals surface area contributed by atoms with Crippen molar-refractivity contribution in [2.75, 3.05) is 51.8 Å². The van der Waals surface area contributed by atoms with Gasteiger partial charge in [-0.1, -0.05) is 0 Å². The number of nitrogens with two attached hydrogens (primary N) is 1. The van der Waals surface area contributed by atoms with Gasteiger partial charge in [0.15, 0.2) is 0 Å². The molecule has 94 valence electrons. The molecule has 16 heavy (non-hydrogen) atoms. The minimum absolute atomic E-state index is 0.270. The monoisotopic (exact) mass is 243 g/mol. The van der Waals surface area contributed by atoms with Crippen LogP contribution in [0.15, 0.2) is 0 Å². The van der Waals surface area contributed by atoms with Gasteiger partial charge >= 0.3 is 0 Å². The Morgan fingerprint density at radius 3 is 2.56 bits per heavy atom. The van der Waals surface area contributed by atoms with E-state index in [1.807, 2.05) is 11.8 Å². The minimum Gasteiger partial charge on any atom is -0.329 e. The second kappa shape index (κ2) is 5.25. The Bertz CT molecular complexity index is 228. The molecule has 2 N–H and O–H groups in total. The third-order valence-corrected chi connectivity index (χ3v) is 5.18. The Morgan fingerprint density at radius 1 is 1.44 bits per heavy atom. The molecule has 0 aromatic rings. The van der Waals surface area contributed by atoms with Crippen molar-refractivity contribution in [3.05, 3.63) is 0 Å². The topological polar surface area (TPSA) is 32.5 Å². The zero-order chi connectivity index (χ0) is 11.6. The van der Waals surface area contributed by atoms with Crippen LogP contribution in [0.2, 0.25) is 0 Å². The molecule has 4 heteroatoms. The predicted molar refractivity (Wildman–Crippen MR) is 72.0 cm³/mol. The van der Waals surface area contributed by atoms with Crippen LogP contribution in [0, 0.1) is 5.92 Å². The van der Waals surface area contributed by atoms with Gasteiger partial charge in [0.1, 0.15) is 0 Å². The Morgan fingerprint density at radius 2 is 2.12 bits per heavy atom. The standard InChI is InChI=1S/C12H25N3S/c1-14(7-8-16-2)12(9-13)10-15-5-3-11(12)4-6-15/h11H,3-10,13H2,1-2H3. The zero-order valence-corrected chi connectivity index (χ0v) is 11.4. The van der Waals surface area contributed by atoms with E-state index in [9.17, 15) is 0 Å². The molecule has 3 aliphatic rings. The van der Waals surface area contributed by atoms with E-state index >= 15 is 0 Å². The minimum atomic E-state index is 0.270. The zero-order valence-electron chi connectivity index (χ0n) is 10.6. The van der Waals surface area contributed by atoms with Crippen molar-refractivity contribution in [1.82, 2.24) is 9.80 Å². The number of nitrogens with zero attached hydrogens (tertiary/aromatic N) is 2. The SMILES string of the molecule is CSCCN(C)C1(CN)CN2CCC1CC2. The number of hydrogen-bond donors (Lipinski definition) is 1. The normalized spacial score (nSPS) is 38.2. The van der Waals surface area contributed by atoms with Gasteiger partial charge in [-0.3, -0.25) is 4.90 Å². The highest BCUT2D eigenvalue weighted by Gasteiger charge is 2.47. The molecular formula is C12H25N3S. The third-order valence-electron chi connectivity index (χ3n) is 4.59. The van der Waals surface area contributed by atoms with Crippen LogP contribution in [-0.4, -0.2) is 67.1 Å². The maximum atomic E-state index is 6.12. The molecule has 0 aromatic heterocycles. The van der Waals surface area contributed by atoms with Gasteiger partial charge in [0.05, 0.1) is 0 Å². The average molecular weight is 243 g/mol. The van der Waals surface area contributed by atoms with Gasteiger partial charge in [0.25, 0.3) is 0 Å². The number of thioether (sulfide) groups is 1.